The average Bonchev–Trinajstić information content (AvgIpc) is 3.46. The number of halogens is 1. The van der Waals surface area contributed by atoms with Crippen LogP contribution in [0.3, 0.4) is 0 Å². The third-order valence-electron chi connectivity index (χ3n) is 4.79. The zero-order valence-corrected chi connectivity index (χ0v) is 15.7. The molecule has 5 rings (SSSR count). The molecule has 3 heterocycles. The Bertz CT molecular complexity index is 1210. The van der Waals surface area contributed by atoms with E-state index in [1.165, 1.54) is 18.9 Å². The summed E-state index contributed by atoms with van der Waals surface area (Å²) in [6.07, 6.45) is 5.67. The molecule has 4 aromatic rings. The second-order valence-electron chi connectivity index (χ2n) is 6.92. The third-order valence-corrected chi connectivity index (χ3v) is 5.02. The van der Waals surface area contributed by atoms with Gasteiger partial charge in [-0.15, -0.1) is 0 Å². The highest BCUT2D eigenvalue weighted by Crippen LogP contribution is 2.39. The molecule has 7 heteroatoms. The number of nitrogens with one attached hydrogen (secondary N) is 1. The van der Waals surface area contributed by atoms with E-state index in [0.29, 0.717) is 16.7 Å². The normalized spacial score (nSPS) is 13.8. The molecule has 1 aliphatic rings. The van der Waals surface area contributed by atoms with Gasteiger partial charge in [-0.25, -0.2) is 4.98 Å². The molecule has 1 aromatic carbocycles. The zero-order chi connectivity index (χ0) is 19.1. The van der Waals surface area contributed by atoms with E-state index < -0.39 is 0 Å². The number of benzene rings is 1. The Morgan fingerprint density at radius 1 is 1.18 bits per heavy atom. The second kappa shape index (κ2) is 6.80. The van der Waals surface area contributed by atoms with Crippen molar-refractivity contribution in [3.63, 3.8) is 0 Å². The molecule has 6 nitrogen and oxygen atoms in total. The minimum atomic E-state index is -0.164. The quantitative estimate of drug-likeness (QED) is 0.552. The molecule has 1 aliphatic carbocycles. The Balaban J connectivity index is 1.37. The summed E-state index contributed by atoms with van der Waals surface area (Å²) in [5.41, 5.74) is 3.23. The summed E-state index contributed by atoms with van der Waals surface area (Å²) in [6, 6.07) is 12.6. The van der Waals surface area contributed by atoms with Gasteiger partial charge in [-0.1, -0.05) is 11.6 Å². The fourth-order valence-corrected chi connectivity index (χ4v) is 3.24. The minimum Gasteiger partial charge on any atom is -0.487 e. The number of H-pyrrole nitrogens is 1. The Labute approximate surface area is 165 Å². The maximum Gasteiger partial charge on any atom is 0.258 e. The fourth-order valence-electron chi connectivity index (χ4n) is 3.13. The van der Waals surface area contributed by atoms with E-state index in [4.69, 9.17) is 16.3 Å². The van der Waals surface area contributed by atoms with Crippen molar-refractivity contribution in [2.45, 2.75) is 25.4 Å². The minimum absolute atomic E-state index is 0.164. The molecular weight excluding hydrogens is 376 g/mol. The van der Waals surface area contributed by atoms with Gasteiger partial charge in [0.05, 0.1) is 27.4 Å². The Morgan fingerprint density at radius 3 is 2.82 bits per heavy atom. The van der Waals surface area contributed by atoms with E-state index >= 15 is 0 Å². The molecule has 28 heavy (non-hydrogen) atoms. The van der Waals surface area contributed by atoms with Gasteiger partial charge in [-0.2, -0.15) is 0 Å². The summed E-state index contributed by atoms with van der Waals surface area (Å²) in [6.45, 7) is 0.269. The number of hydrogen-bond donors (Lipinski definition) is 1. The maximum atomic E-state index is 12.6. The van der Waals surface area contributed by atoms with Crippen molar-refractivity contribution in [1.29, 1.82) is 0 Å². The Hall–Kier alpha value is -3.12. The average molecular weight is 393 g/mol. The van der Waals surface area contributed by atoms with Crippen LogP contribution in [0.4, 0.5) is 0 Å². The molecule has 0 amide bonds. The predicted molar refractivity (Wildman–Crippen MR) is 107 cm³/mol. The lowest BCUT2D eigenvalue weighted by Crippen LogP contribution is -2.16. The molecule has 0 atom stereocenters. The molecular formula is C21H17ClN4O2. The lowest BCUT2D eigenvalue weighted by atomic mass is 10.2. The smallest absolute Gasteiger partial charge is 0.258 e. The molecule has 0 aliphatic heterocycles. The maximum absolute atomic E-state index is 12.6. The van der Waals surface area contributed by atoms with Crippen LogP contribution >= 0.6 is 11.6 Å². The van der Waals surface area contributed by atoms with E-state index in [1.54, 1.807) is 35.2 Å². The lowest BCUT2D eigenvalue weighted by molar-refractivity contribution is 0.300. The SMILES string of the molecule is O=c1cc(OCc2ccc(Cl)cn2)ccn1-c1ccc2nc(C3CC3)[nH]c2c1. The van der Waals surface area contributed by atoms with Crippen LogP contribution in [0.1, 0.15) is 30.3 Å². The van der Waals surface area contributed by atoms with Crippen LogP contribution in [0, 0.1) is 0 Å². The summed E-state index contributed by atoms with van der Waals surface area (Å²) in [5.74, 6) is 2.10. The van der Waals surface area contributed by atoms with Crippen LogP contribution in [-0.4, -0.2) is 19.5 Å². The van der Waals surface area contributed by atoms with Crippen molar-refractivity contribution in [1.82, 2.24) is 19.5 Å². The van der Waals surface area contributed by atoms with Crippen molar-refractivity contribution in [2.75, 3.05) is 0 Å². The Kier molecular flexibility index (Phi) is 4.13. The molecule has 140 valence electrons. The molecule has 0 unspecified atom stereocenters. The number of imidazole rings is 1. The van der Waals surface area contributed by atoms with Crippen molar-refractivity contribution in [2.24, 2.45) is 0 Å². The first kappa shape index (κ1) is 17.0. The van der Waals surface area contributed by atoms with Crippen molar-refractivity contribution >= 4 is 22.6 Å². The van der Waals surface area contributed by atoms with Gasteiger partial charge in [0.1, 0.15) is 18.2 Å². The van der Waals surface area contributed by atoms with Gasteiger partial charge in [-0.3, -0.25) is 14.3 Å². The number of fused-ring (bicyclic) bond motifs is 1. The van der Waals surface area contributed by atoms with Crippen LogP contribution in [0.5, 0.6) is 5.75 Å². The van der Waals surface area contributed by atoms with Crippen molar-refractivity contribution in [3.05, 3.63) is 81.8 Å². The summed E-state index contributed by atoms with van der Waals surface area (Å²) >= 11 is 5.83. The molecule has 1 fully saturated rings. The first-order chi connectivity index (χ1) is 13.7. The van der Waals surface area contributed by atoms with Gasteiger partial charge in [0.15, 0.2) is 0 Å². The monoisotopic (exact) mass is 392 g/mol. The van der Waals surface area contributed by atoms with Crippen molar-refractivity contribution < 1.29 is 4.74 Å². The number of ether oxygens (including phenoxy) is 1. The van der Waals surface area contributed by atoms with E-state index in [-0.39, 0.29) is 12.2 Å². The van der Waals surface area contributed by atoms with Gasteiger partial charge >= 0.3 is 0 Å². The zero-order valence-electron chi connectivity index (χ0n) is 14.9. The fraction of sp³-hybridized carbons (Fsp3) is 0.190. The van der Waals surface area contributed by atoms with Crippen LogP contribution in [0.25, 0.3) is 16.7 Å². The van der Waals surface area contributed by atoms with E-state index in [1.807, 2.05) is 18.2 Å². The van der Waals surface area contributed by atoms with E-state index in [9.17, 15) is 4.79 Å². The molecule has 3 aromatic heterocycles. The summed E-state index contributed by atoms with van der Waals surface area (Å²) in [4.78, 5) is 24.8. The number of hydrogen-bond acceptors (Lipinski definition) is 4. The highest BCUT2D eigenvalue weighted by molar-refractivity contribution is 6.30. The standard InChI is InChI=1S/C21H17ClN4O2/c22-14-3-4-15(23-11-14)12-28-17-7-8-26(20(27)10-17)16-5-6-18-19(9-16)25-21(24-18)13-1-2-13/h3-11,13H,1-2,12H2,(H,24,25). The number of pyridine rings is 2. The first-order valence-corrected chi connectivity index (χ1v) is 9.49. The highest BCUT2D eigenvalue weighted by atomic mass is 35.5. The predicted octanol–water partition coefficient (Wildman–Crippen LogP) is 4.22. The van der Waals surface area contributed by atoms with Gasteiger partial charge < -0.3 is 9.72 Å². The Morgan fingerprint density at radius 2 is 2.07 bits per heavy atom. The van der Waals surface area contributed by atoms with Crippen molar-refractivity contribution in [3.8, 4) is 11.4 Å². The van der Waals surface area contributed by atoms with Gasteiger partial charge in [0.2, 0.25) is 0 Å². The van der Waals surface area contributed by atoms with Crippen LogP contribution in [0.2, 0.25) is 5.02 Å². The molecule has 0 radical (unpaired) electrons. The number of rotatable bonds is 5. The number of aromatic amines is 1. The summed E-state index contributed by atoms with van der Waals surface area (Å²) in [7, 11) is 0. The molecule has 0 bridgehead atoms. The number of nitrogens with zero attached hydrogens (tertiary/aromatic N) is 3. The highest BCUT2D eigenvalue weighted by Gasteiger charge is 2.26. The molecule has 1 saturated carbocycles. The van der Waals surface area contributed by atoms with E-state index in [0.717, 1.165) is 28.2 Å². The second-order valence-corrected chi connectivity index (χ2v) is 7.36. The molecule has 0 spiro atoms. The largest absolute Gasteiger partial charge is 0.487 e. The summed E-state index contributed by atoms with van der Waals surface area (Å²) < 4.78 is 7.26. The molecule has 0 saturated heterocycles. The van der Waals surface area contributed by atoms with Gasteiger partial charge in [-0.05, 0) is 49.2 Å². The van der Waals surface area contributed by atoms with E-state index in [2.05, 4.69) is 15.0 Å². The van der Waals surface area contributed by atoms with Crippen LogP contribution in [0.15, 0.2) is 59.7 Å². The van der Waals surface area contributed by atoms with Crippen LogP contribution < -0.4 is 10.3 Å². The number of aromatic nitrogens is 4. The lowest BCUT2D eigenvalue weighted by Gasteiger charge is -2.09. The van der Waals surface area contributed by atoms with Gasteiger partial charge in [0.25, 0.3) is 5.56 Å². The topological polar surface area (TPSA) is 72.8 Å². The van der Waals surface area contributed by atoms with Crippen LogP contribution in [-0.2, 0) is 6.61 Å². The third kappa shape index (κ3) is 3.39. The van der Waals surface area contributed by atoms with Gasteiger partial charge in [0, 0.05) is 24.4 Å². The summed E-state index contributed by atoms with van der Waals surface area (Å²) in [5, 5.41) is 0.574. The first-order valence-electron chi connectivity index (χ1n) is 9.12. The molecule has 1 N–H and O–H groups in total.